The highest BCUT2D eigenvalue weighted by Crippen LogP contribution is 2.37. The van der Waals surface area contributed by atoms with Crippen LogP contribution < -0.4 is 14.2 Å². The second kappa shape index (κ2) is 16.9. The lowest BCUT2D eigenvalue weighted by Crippen LogP contribution is -2.13. The van der Waals surface area contributed by atoms with Gasteiger partial charge in [-0.25, -0.2) is 19.6 Å². The molecule has 8 heteroatoms. The molecule has 0 fully saturated rings. The standard InChI is InChI=1S/C32H40N2O6/c1-4-6-7-8-9-10-14-21-37-32(36)39-28-18-17-26(38-23-24(3)5-2)22-27(28)29-30(34-20-19-33-29)40-31(35)25-15-12-11-13-16-25/h11-13,15-20,22,24H,4-10,14,21,23H2,1-3H3. The molecule has 8 nitrogen and oxygen atoms in total. The van der Waals surface area contributed by atoms with Gasteiger partial charge < -0.3 is 18.9 Å². The Balaban J connectivity index is 1.76. The predicted molar refractivity (Wildman–Crippen MR) is 154 cm³/mol. The van der Waals surface area contributed by atoms with Gasteiger partial charge in [-0.05, 0) is 42.7 Å². The topological polar surface area (TPSA) is 96.8 Å². The first-order valence-corrected chi connectivity index (χ1v) is 14.2. The zero-order valence-electron chi connectivity index (χ0n) is 23.8. The number of ether oxygens (including phenoxy) is 4. The number of esters is 1. The van der Waals surface area contributed by atoms with E-state index in [0.717, 1.165) is 25.7 Å². The first-order valence-electron chi connectivity index (χ1n) is 14.2. The van der Waals surface area contributed by atoms with Crippen LogP contribution in [0.15, 0.2) is 60.9 Å². The monoisotopic (exact) mass is 548 g/mol. The molecule has 1 unspecified atom stereocenters. The molecule has 0 aliphatic rings. The molecule has 1 heterocycles. The van der Waals surface area contributed by atoms with Crippen molar-refractivity contribution in [3.8, 4) is 28.6 Å². The molecule has 1 atom stereocenters. The smallest absolute Gasteiger partial charge is 0.493 e. The van der Waals surface area contributed by atoms with E-state index >= 15 is 0 Å². The van der Waals surface area contributed by atoms with Crippen LogP contribution in [0.3, 0.4) is 0 Å². The molecule has 2 aromatic carbocycles. The van der Waals surface area contributed by atoms with Crippen LogP contribution in [0.5, 0.6) is 17.4 Å². The van der Waals surface area contributed by atoms with Gasteiger partial charge in [0.2, 0.25) is 5.88 Å². The van der Waals surface area contributed by atoms with Crippen molar-refractivity contribution < 1.29 is 28.5 Å². The van der Waals surface area contributed by atoms with Crippen molar-refractivity contribution in [2.45, 2.75) is 72.1 Å². The summed E-state index contributed by atoms with van der Waals surface area (Å²) >= 11 is 0. The van der Waals surface area contributed by atoms with Crippen LogP contribution in [0.1, 0.15) is 82.5 Å². The van der Waals surface area contributed by atoms with E-state index in [1.54, 1.807) is 42.5 Å². The molecular weight excluding hydrogens is 508 g/mol. The van der Waals surface area contributed by atoms with Crippen molar-refractivity contribution in [2.24, 2.45) is 5.92 Å². The molecule has 0 aliphatic heterocycles. The summed E-state index contributed by atoms with van der Waals surface area (Å²) in [4.78, 5) is 34.0. The first kappa shape index (κ1) is 30.6. The average Bonchev–Trinajstić information content (AvgIpc) is 2.98. The normalized spacial score (nSPS) is 11.5. The van der Waals surface area contributed by atoms with Crippen LogP contribution in [0.25, 0.3) is 11.3 Å². The van der Waals surface area contributed by atoms with E-state index in [1.807, 2.05) is 6.07 Å². The highest BCUT2D eigenvalue weighted by Gasteiger charge is 2.21. The molecular formula is C32H40N2O6. The Morgan fingerprint density at radius 2 is 1.57 bits per heavy atom. The van der Waals surface area contributed by atoms with E-state index in [4.69, 9.17) is 18.9 Å². The van der Waals surface area contributed by atoms with Gasteiger partial charge in [-0.3, -0.25) is 0 Å². The van der Waals surface area contributed by atoms with Gasteiger partial charge in [-0.15, -0.1) is 0 Å². The quantitative estimate of drug-likeness (QED) is 0.101. The lowest BCUT2D eigenvalue weighted by atomic mass is 10.1. The molecule has 0 radical (unpaired) electrons. The zero-order chi connectivity index (χ0) is 28.6. The molecule has 1 aromatic heterocycles. The maximum absolute atomic E-state index is 12.8. The van der Waals surface area contributed by atoms with E-state index in [1.165, 1.54) is 38.1 Å². The third-order valence-electron chi connectivity index (χ3n) is 6.46. The molecule has 0 aliphatic carbocycles. The summed E-state index contributed by atoms with van der Waals surface area (Å²) in [6, 6.07) is 13.6. The van der Waals surface area contributed by atoms with Crippen molar-refractivity contribution in [3.63, 3.8) is 0 Å². The number of rotatable bonds is 16. The van der Waals surface area contributed by atoms with E-state index in [9.17, 15) is 9.59 Å². The number of aromatic nitrogens is 2. The highest BCUT2D eigenvalue weighted by molar-refractivity contribution is 5.91. The average molecular weight is 549 g/mol. The SMILES string of the molecule is CCCCCCCCCOC(=O)Oc1ccc(OCC(C)CC)cc1-c1nccnc1OC(=O)c1ccccc1. The molecule has 0 spiro atoms. The van der Waals surface area contributed by atoms with E-state index < -0.39 is 12.1 Å². The Labute approximate surface area is 237 Å². The van der Waals surface area contributed by atoms with Gasteiger partial charge >= 0.3 is 12.1 Å². The largest absolute Gasteiger partial charge is 0.513 e. The van der Waals surface area contributed by atoms with Crippen molar-refractivity contribution in [2.75, 3.05) is 13.2 Å². The van der Waals surface area contributed by atoms with E-state index in [2.05, 4.69) is 30.7 Å². The summed E-state index contributed by atoms with van der Waals surface area (Å²) in [5.74, 6) is 0.516. The molecule has 0 saturated carbocycles. The van der Waals surface area contributed by atoms with Gasteiger partial charge in [0.1, 0.15) is 17.2 Å². The summed E-state index contributed by atoms with van der Waals surface area (Å²) in [5, 5.41) is 0. The number of benzene rings is 2. The lowest BCUT2D eigenvalue weighted by molar-refractivity contribution is 0.0727. The van der Waals surface area contributed by atoms with Crippen LogP contribution in [-0.4, -0.2) is 35.3 Å². The second-order valence-electron chi connectivity index (χ2n) is 9.77. The minimum Gasteiger partial charge on any atom is -0.493 e. The maximum atomic E-state index is 12.8. The molecule has 214 valence electrons. The van der Waals surface area contributed by atoms with Gasteiger partial charge in [0.15, 0.2) is 0 Å². The minimum atomic E-state index is -0.813. The minimum absolute atomic E-state index is 0.0169. The number of hydrogen-bond acceptors (Lipinski definition) is 8. The predicted octanol–water partition coefficient (Wildman–Crippen LogP) is 8.05. The Kier molecular flexibility index (Phi) is 12.9. The Hall–Kier alpha value is -3.94. The van der Waals surface area contributed by atoms with Gasteiger partial charge in [0, 0.05) is 12.4 Å². The van der Waals surface area contributed by atoms with Crippen molar-refractivity contribution in [1.29, 1.82) is 0 Å². The summed E-state index contributed by atoms with van der Waals surface area (Å²) < 4.78 is 22.5. The molecule has 3 rings (SSSR count). The fourth-order valence-electron chi connectivity index (χ4n) is 3.87. The summed E-state index contributed by atoms with van der Waals surface area (Å²) in [5.41, 5.74) is 0.990. The van der Waals surface area contributed by atoms with Crippen LogP contribution in [0, 0.1) is 5.92 Å². The molecule has 0 amide bonds. The fourth-order valence-corrected chi connectivity index (χ4v) is 3.87. The number of unbranched alkanes of at least 4 members (excludes halogenated alkanes) is 6. The van der Waals surface area contributed by atoms with Gasteiger partial charge in [-0.2, -0.15) is 0 Å². The molecule has 0 bridgehead atoms. The number of hydrogen-bond donors (Lipinski definition) is 0. The maximum Gasteiger partial charge on any atom is 0.513 e. The highest BCUT2D eigenvalue weighted by atomic mass is 16.7. The lowest BCUT2D eigenvalue weighted by Gasteiger charge is -2.15. The number of nitrogens with zero attached hydrogens (tertiary/aromatic N) is 2. The molecule has 3 aromatic rings. The third-order valence-corrected chi connectivity index (χ3v) is 6.46. The Morgan fingerprint density at radius 1 is 0.850 bits per heavy atom. The summed E-state index contributed by atoms with van der Waals surface area (Å²) in [6.45, 7) is 7.20. The first-order chi connectivity index (χ1) is 19.5. The number of carbonyl (C=O) groups excluding carboxylic acids is 2. The van der Waals surface area contributed by atoms with Crippen molar-refractivity contribution >= 4 is 12.1 Å². The fraction of sp³-hybridized carbons (Fsp3) is 0.438. The van der Waals surface area contributed by atoms with Gasteiger partial charge in [-0.1, -0.05) is 83.9 Å². The van der Waals surface area contributed by atoms with Gasteiger partial charge in [0.25, 0.3) is 0 Å². The molecule has 0 N–H and O–H groups in total. The van der Waals surface area contributed by atoms with E-state index in [0.29, 0.717) is 29.4 Å². The third kappa shape index (κ3) is 9.98. The number of carbonyl (C=O) groups is 2. The van der Waals surface area contributed by atoms with Gasteiger partial charge in [0.05, 0.1) is 24.3 Å². The molecule has 0 saturated heterocycles. The Bertz CT molecular complexity index is 1200. The van der Waals surface area contributed by atoms with Crippen molar-refractivity contribution in [1.82, 2.24) is 9.97 Å². The second-order valence-corrected chi connectivity index (χ2v) is 9.77. The van der Waals surface area contributed by atoms with Crippen LogP contribution in [0.4, 0.5) is 4.79 Å². The van der Waals surface area contributed by atoms with Crippen LogP contribution in [0.2, 0.25) is 0 Å². The van der Waals surface area contributed by atoms with Crippen molar-refractivity contribution in [3.05, 3.63) is 66.5 Å². The summed E-state index contributed by atoms with van der Waals surface area (Å²) in [6.07, 6.45) is 10.9. The van der Waals surface area contributed by atoms with E-state index in [-0.39, 0.29) is 23.9 Å². The Morgan fingerprint density at radius 3 is 2.33 bits per heavy atom. The van der Waals surface area contributed by atoms with Crippen LogP contribution in [-0.2, 0) is 4.74 Å². The summed E-state index contributed by atoms with van der Waals surface area (Å²) in [7, 11) is 0. The molecule has 40 heavy (non-hydrogen) atoms. The zero-order valence-corrected chi connectivity index (χ0v) is 23.8. The van der Waals surface area contributed by atoms with Crippen LogP contribution >= 0.6 is 0 Å².